The number of anilines is 1. The molecule has 0 saturated heterocycles. The predicted molar refractivity (Wildman–Crippen MR) is 53.5 cm³/mol. The van der Waals surface area contributed by atoms with Gasteiger partial charge in [-0.2, -0.15) is 0 Å². The summed E-state index contributed by atoms with van der Waals surface area (Å²) in [5.74, 6) is -0.0769. The quantitative estimate of drug-likeness (QED) is 0.453. The molecule has 0 spiro atoms. The highest BCUT2D eigenvalue weighted by molar-refractivity contribution is 8.02. The van der Waals surface area contributed by atoms with Crippen LogP contribution in [0, 0.1) is 0 Å². The molecule has 14 heavy (non-hydrogen) atoms. The van der Waals surface area contributed by atoms with Crippen LogP contribution >= 0.6 is 11.8 Å². The molecule has 1 rings (SSSR count). The zero-order valence-electron chi connectivity index (χ0n) is 7.51. The lowest BCUT2D eigenvalue weighted by Gasteiger charge is -1.97. The molecule has 1 heterocycles. The second kappa shape index (κ2) is 5.23. The molecule has 2 N–H and O–H groups in total. The van der Waals surface area contributed by atoms with Gasteiger partial charge in [-0.1, -0.05) is 11.8 Å². The van der Waals surface area contributed by atoms with Gasteiger partial charge < -0.3 is 10.5 Å². The molecule has 0 bridgehead atoms. The average molecular weight is 211 g/mol. The van der Waals surface area contributed by atoms with E-state index in [4.69, 9.17) is 5.73 Å². The van der Waals surface area contributed by atoms with Crippen LogP contribution in [0.2, 0.25) is 0 Å². The number of aromatic nitrogens is 2. The summed E-state index contributed by atoms with van der Waals surface area (Å²) in [6, 6.07) is 0. The van der Waals surface area contributed by atoms with E-state index in [1.807, 2.05) is 0 Å². The summed E-state index contributed by atoms with van der Waals surface area (Å²) in [4.78, 5) is 18.5. The molecule has 1 aromatic rings. The Balaban J connectivity index is 2.58. The third-order valence-electron chi connectivity index (χ3n) is 1.28. The number of thioether (sulfide) groups is 1. The number of esters is 1. The Bertz CT molecular complexity index is 354. The third-order valence-corrected chi connectivity index (χ3v) is 2.09. The maximum Gasteiger partial charge on any atom is 0.330 e. The van der Waals surface area contributed by atoms with Crippen LogP contribution < -0.4 is 5.73 Å². The van der Waals surface area contributed by atoms with E-state index in [0.717, 1.165) is 0 Å². The van der Waals surface area contributed by atoms with Gasteiger partial charge >= 0.3 is 5.97 Å². The second-order valence-electron chi connectivity index (χ2n) is 2.19. The summed E-state index contributed by atoms with van der Waals surface area (Å²) >= 11 is 1.21. The van der Waals surface area contributed by atoms with Crippen LogP contribution in [0.1, 0.15) is 0 Å². The van der Waals surface area contributed by atoms with Gasteiger partial charge in [0.05, 0.1) is 7.11 Å². The third kappa shape index (κ3) is 3.06. The fraction of sp³-hybridized carbons (Fsp3) is 0.125. The molecule has 0 unspecified atom stereocenters. The van der Waals surface area contributed by atoms with Gasteiger partial charge in [0.25, 0.3) is 0 Å². The van der Waals surface area contributed by atoms with Crippen molar-refractivity contribution in [2.75, 3.05) is 12.8 Å². The Labute approximate surface area is 85.4 Å². The van der Waals surface area contributed by atoms with E-state index in [1.54, 1.807) is 5.41 Å². The van der Waals surface area contributed by atoms with Crippen molar-refractivity contribution in [2.24, 2.45) is 0 Å². The first-order valence-corrected chi connectivity index (χ1v) is 4.59. The van der Waals surface area contributed by atoms with Gasteiger partial charge in [0.2, 0.25) is 0 Å². The lowest BCUT2D eigenvalue weighted by molar-refractivity contribution is -0.134. The number of nitrogen functional groups attached to an aromatic ring is 1. The minimum atomic E-state index is -0.417. The first-order chi connectivity index (χ1) is 6.74. The molecule has 0 radical (unpaired) electrons. The number of methoxy groups -OCH3 is 1. The molecule has 0 aliphatic heterocycles. The highest BCUT2D eigenvalue weighted by atomic mass is 32.2. The number of carbonyl (C=O) groups is 1. The van der Waals surface area contributed by atoms with Crippen LogP contribution in [0.4, 0.5) is 5.82 Å². The molecule has 1 aromatic heterocycles. The minimum Gasteiger partial charge on any atom is -0.466 e. The zero-order valence-corrected chi connectivity index (χ0v) is 8.32. The molecule has 0 aromatic carbocycles. The Morgan fingerprint density at radius 3 is 2.93 bits per heavy atom. The van der Waals surface area contributed by atoms with Crippen LogP contribution in [0.25, 0.3) is 0 Å². The number of nitrogens with two attached hydrogens (primary N) is 1. The van der Waals surface area contributed by atoms with E-state index in [2.05, 4.69) is 14.7 Å². The average Bonchev–Trinajstić information content (AvgIpc) is 2.20. The van der Waals surface area contributed by atoms with Gasteiger partial charge in [-0.05, 0) is 5.41 Å². The highest BCUT2D eigenvalue weighted by Gasteiger charge is 1.99. The van der Waals surface area contributed by atoms with E-state index >= 15 is 0 Å². The van der Waals surface area contributed by atoms with Gasteiger partial charge in [-0.3, -0.25) is 0 Å². The smallest absolute Gasteiger partial charge is 0.330 e. The van der Waals surface area contributed by atoms with Crippen LogP contribution in [0.15, 0.2) is 28.9 Å². The molecule has 0 fully saturated rings. The number of nitrogens with zero attached hydrogens (tertiary/aromatic N) is 2. The largest absolute Gasteiger partial charge is 0.466 e. The topological polar surface area (TPSA) is 78.1 Å². The Morgan fingerprint density at radius 1 is 1.57 bits per heavy atom. The van der Waals surface area contributed by atoms with E-state index in [-0.39, 0.29) is 0 Å². The Hall–Kier alpha value is -1.56. The van der Waals surface area contributed by atoms with Gasteiger partial charge in [0.1, 0.15) is 5.03 Å². The second-order valence-corrected chi connectivity index (χ2v) is 3.09. The maximum absolute atomic E-state index is 10.7. The van der Waals surface area contributed by atoms with Crippen molar-refractivity contribution in [1.29, 1.82) is 0 Å². The molecule has 0 aliphatic carbocycles. The van der Waals surface area contributed by atoms with Crippen molar-refractivity contribution in [1.82, 2.24) is 9.97 Å². The Kier molecular flexibility index (Phi) is 3.93. The monoisotopic (exact) mass is 211 g/mol. The first-order valence-electron chi connectivity index (χ1n) is 3.71. The normalized spacial score (nSPS) is 10.4. The number of hydrogen-bond acceptors (Lipinski definition) is 6. The lowest BCUT2D eigenvalue weighted by Crippen LogP contribution is -1.94. The predicted octanol–water partition coefficient (Wildman–Crippen LogP) is 0.838. The SMILES string of the molecule is COC(=O)/C=C/Sc1nccnc1N. The van der Waals surface area contributed by atoms with Crippen molar-refractivity contribution in [2.45, 2.75) is 5.03 Å². The molecule has 5 nitrogen and oxygen atoms in total. The van der Waals surface area contributed by atoms with Gasteiger partial charge in [-0.15, -0.1) is 0 Å². The first kappa shape index (κ1) is 10.5. The standard InChI is InChI=1S/C8H9N3O2S/c1-13-6(12)2-5-14-8-7(9)10-3-4-11-8/h2-5H,1H3,(H2,9,10)/b5-2+. The molecule has 0 saturated carbocycles. The fourth-order valence-corrected chi connectivity index (χ4v) is 1.25. The van der Waals surface area contributed by atoms with Crippen molar-refractivity contribution in [3.05, 3.63) is 23.9 Å². The lowest BCUT2D eigenvalue weighted by atomic mass is 10.7. The van der Waals surface area contributed by atoms with Crippen molar-refractivity contribution >= 4 is 23.5 Å². The zero-order chi connectivity index (χ0) is 10.4. The summed E-state index contributed by atoms with van der Waals surface area (Å²) in [5.41, 5.74) is 5.53. The highest BCUT2D eigenvalue weighted by Crippen LogP contribution is 2.20. The fourth-order valence-electron chi connectivity index (χ4n) is 0.649. The number of hydrogen-bond donors (Lipinski definition) is 1. The Morgan fingerprint density at radius 2 is 2.29 bits per heavy atom. The molecule has 0 amide bonds. The molecule has 74 valence electrons. The molecular formula is C8H9N3O2S. The number of ether oxygens (including phenoxy) is 1. The van der Waals surface area contributed by atoms with Crippen LogP contribution in [-0.4, -0.2) is 23.0 Å². The van der Waals surface area contributed by atoms with Crippen LogP contribution in [0.5, 0.6) is 0 Å². The van der Waals surface area contributed by atoms with Crippen molar-refractivity contribution < 1.29 is 9.53 Å². The van der Waals surface area contributed by atoms with Crippen LogP contribution in [0.3, 0.4) is 0 Å². The van der Waals surface area contributed by atoms with E-state index in [1.165, 1.54) is 37.3 Å². The summed E-state index contributed by atoms with van der Waals surface area (Å²) in [7, 11) is 1.31. The van der Waals surface area contributed by atoms with Gasteiger partial charge in [-0.25, -0.2) is 14.8 Å². The minimum absolute atomic E-state index is 0.340. The molecule has 0 aliphatic rings. The summed E-state index contributed by atoms with van der Waals surface area (Å²) in [6.07, 6.45) is 4.33. The summed E-state index contributed by atoms with van der Waals surface area (Å²) in [5, 5.41) is 2.11. The summed E-state index contributed by atoms with van der Waals surface area (Å²) in [6.45, 7) is 0. The number of carbonyl (C=O) groups excluding carboxylic acids is 1. The molecular weight excluding hydrogens is 202 g/mol. The summed E-state index contributed by atoms with van der Waals surface area (Å²) < 4.78 is 4.41. The van der Waals surface area contributed by atoms with Gasteiger partial charge in [0.15, 0.2) is 5.82 Å². The van der Waals surface area contributed by atoms with Gasteiger partial charge in [0, 0.05) is 18.5 Å². The van der Waals surface area contributed by atoms with Crippen LogP contribution in [-0.2, 0) is 9.53 Å². The molecule has 0 atom stereocenters. The van der Waals surface area contributed by atoms with E-state index < -0.39 is 5.97 Å². The van der Waals surface area contributed by atoms with E-state index in [9.17, 15) is 4.79 Å². The maximum atomic E-state index is 10.7. The number of rotatable bonds is 3. The molecule has 6 heteroatoms. The van der Waals surface area contributed by atoms with Crippen molar-refractivity contribution in [3.8, 4) is 0 Å². The van der Waals surface area contributed by atoms with E-state index in [0.29, 0.717) is 10.8 Å². The van der Waals surface area contributed by atoms with Crippen molar-refractivity contribution in [3.63, 3.8) is 0 Å².